The Labute approximate surface area is 109 Å². The Hall–Kier alpha value is -1.61. The van der Waals surface area contributed by atoms with E-state index >= 15 is 0 Å². The van der Waals surface area contributed by atoms with Gasteiger partial charge in [-0.15, -0.1) is 0 Å². The smallest absolute Gasteiger partial charge is 0.0604 e. The van der Waals surface area contributed by atoms with Gasteiger partial charge in [0.2, 0.25) is 0 Å². The fourth-order valence-corrected chi connectivity index (χ4v) is 2.10. The summed E-state index contributed by atoms with van der Waals surface area (Å²) in [5.41, 5.74) is 3.75. The fraction of sp³-hybridized carbons (Fsp3) is 0.400. The number of nitrogens with zero attached hydrogens (tertiary/aromatic N) is 2. The predicted molar refractivity (Wildman–Crippen MR) is 74.6 cm³/mol. The summed E-state index contributed by atoms with van der Waals surface area (Å²) in [5, 5.41) is 7.79. The first kappa shape index (κ1) is 12.8. The standard InChI is InChI=1S/C15H21N3/c1-4-13-5-7-14(8-6-13)15(16-3)11-18-10-9-12(2)17-18/h5-10,15-16H,4,11H2,1-3H3. The lowest BCUT2D eigenvalue weighted by Gasteiger charge is -2.17. The monoisotopic (exact) mass is 243 g/mol. The minimum Gasteiger partial charge on any atom is -0.311 e. The van der Waals surface area contributed by atoms with Crippen molar-refractivity contribution < 1.29 is 0 Å². The van der Waals surface area contributed by atoms with E-state index in [0.717, 1.165) is 18.7 Å². The van der Waals surface area contributed by atoms with Crippen LogP contribution in [0, 0.1) is 6.92 Å². The largest absolute Gasteiger partial charge is 0.311 e. The van der Waals surface area contributed by atoms with Gasteiger partial charge in [-0.1, -0.05) is 31.2 Å². The molecule has 0 radical (unpaired) electrons. The minimum atomic E-state index is 0.301. The summed E-state index contributed by atoms with van der Waals surface area (Å²) in [5.74, 6) is 0. The van der Waals surface area contributed by atoms with Gasteiger partial charge in [0.15, 0.2) is 0 Å². The van der Waals surface area contributed by atoms with Gasteiger partial charge in [-0.05, 0) is 37.6 Å². The molecule has 2 aromatic rings. The lowest BCUT2D eigenvalue weighted by atomic mass is 10.0. The first-order valence-electron chi connectivity index (χ1n) is 6.49. The van der Waals surface area contributed by atoms with Crippen LogP contribution in [-0.2, 0) is 13.0 Å². The Morgan fingerprint density at radius 1 is 1.22 bits per heavy atom. The molecule has 18 heavy (non-hydrogen) atoms. The van der Waals surface area contributed by atoms with Crippen LogP contribution in [0.1, 0.15) is 29.8 Å². The third-order valence-corrected chi connectivity index (χ3v) is 3.28. The number of nitrogens with one attached hydrogen (secondary N) is 1. The van der Waals surface area contributed by atoms with E-state index in [1.54, 1.807) is 0 Å². The van der Waals surface area contributed by atoms with Gasteiger partial charge in [0.1, 0.15) is 0 Å². The Morgan fingerprint density at radius 3 is 2.44 bits per heavy atom. The second-order valence-electron chi connectivity index (χ2n) is 4.62. The minimum absolute atomic E-state index is 0.301. The molecule has 1 N–H and O–H groups in total. The van der Waals surface area contributed by atoms with Crippen LogP contribution in [-0.4, -0.2) is 16.8 Å². The summed E-state index contributed by atoms with van der Waals surface area (Å²) in [4.78, 5) is 0. The maximum absolute atomic E-state index is 4.43. The molecule has 0 saturated heterocycles. The molecular weight excluding hydrogens is 222 g/mol. The Kier molecular flexibility index (Phi) is 4.15. The van der Waals surface area contributed by atoms with Crippen LogP contribution in [0.4, 0.5) is 0 Å². The molecule has 96 valence electrons. The Morgan fingerprint density at radius 2 is 1.94 bits per heavy atom. The molecular formula is C15H21N3. The summed E-state index contributed by atoms with van der Waals surface area (Å²) in [6.45, 7) is 5.05. The van der Waals surface area contributed by atoms with Gasteiger partial charge in [0.25, 0.3) is 0 Å². The van der Waals surface area contributed by atoms with E-state index in [1.807, 2.05) is 30.9 Å². The number of hydrogen-bond acceptors (Lipinski definition) is 2. The van der Waals surface area contributed by atoms with E-state index in [4.69, 9.17) is 0 Å². The van der Waals surface area contributed by atoms with Crippen molar-refractivity contribution in [2.24, 2.45) is 0 Å². The summed E-state index contributed by atoms with van der Waals surface area (Å²) < 4.78 is 1.99. The zero-order chi connectivity index (χ0) is 13.0. The van der Waals surface area contributed by atoms with Gasteiger partial charge in [0.05, 0.1) is 18.3 Å². The quantitative estimate of drug-likeness (QED) is 0.875. The molecule has 1 atom stereocenters. The fourth-order valence-electron chi connectivity index (χ4n) is 2.10. The highest BCUT2D eigenvalue weighted by Gasteiger charge is 2.10. The zero-order valence-electron chi connectivity index (χ0n) is 11.4. The summed E-state index contributed by atoms with van der Waals surface area (Å²) in [6, 6.07) is 11.1. The number of hydrogen-bond donors (Lipinski definition) is 1. The molecule has 0 spiro atoms. The highest BCUT2D eigenvalue weighted by molar-refractivity contribution is 5.25. The maximum Gasteiger partial charge on any atom is 0.0604 e. The van der Waals surface area contributed by atoms with Gasteiger partial charge < -0.3 is 5.32 Å². The lowest BCUT2D eigenvalue weighted by Crippen LogP contribution is -2.22. The predicted octanol–water partition coefficient (Wildman–Crippen LogP) is 2.71. The topological polar surface area (TPSA) is 29.9 Å². The molecule has 1 aromatic carbocycles. The van der Waals surface area contributed by atoms with E-state index in [0.29, 0.717) is 6.04 Å². The molecule has 3 nitrogen and oxygen atoms in total. The lowest BCUT2D eigenvalue weighted by molar-refractivity contribution is 0.467. The average Bonchev–Trinajstić information content (AvgIpc) is 2.82. The number of aryl methyl sites for hydroxylation is 2. The summed E-state index contributed by atoms with van der Waals surface area (Å²) >= 11 is 0. The number of likely N-dealkylation sites (N-methyl/N-ethyl adjacent to an activating group) is 1. The molecule has 0 bridgehead atoms. The Bertz CT molecular complexity index is 485. The normalized spacial score (nSPS) is 12.6. The molecule has 0 aliphatic rings. The summed E-state index contributed by atoms with van der Waals surface area (Å²) in [6.07, 6.45) is 3.11. The van der Waals surface area contributed by atoms with Gasteiger partial charge in [0, 0.05) is 6.20 Å². The van der Waals surface area contributed by atoms with Crippen molar-refractivity contribution in [3.8, 4) is 0 Å². The van der Waals surface area contributed by atoms with Crippen molar-refractivity contribution in [2.75, 3.05) is 7.05 Å². The van der Waals surface area contributed by atoms with E-state index in [-0.39, 0.29) is 0 Å². The maximum atomic E-state index is 4.43. The van der Waals surface area contributed by atoms with E-state index in [9.17, 15) is 0 Å². The van der Waals surface area contributed by atoms with Crippen LogP contribution >= 0.6 is 0 Å². The van der Waals surface area contributed by atoms with Gasteiger partial charge in [-0.2, -0.15) is 5.10 Å². The molecule has 0 saturated carbocycles. The number of benzene rings is 1. The first-order valence-corrected chi connectivity index (χ1v) is 6.49. The first-order chi connectivity index (χ1) is 8.72. The molecule has 2 rings (SSSR count). The van der Waals surface area contributed by atoms with Crippen LogP contribution in [0.5, 0.6) is 0 Å². The highest BCUT2D eigenvalue weighted by Crippen LogP contribution is 2.16. The van der Waals surface area contributed by atoms with E-state index < -0.39 is 0 Å². The molecule has 3 heteroatoms. The van der Waals surface area contributed by atoms with Crippen LogP contribution < -0.4 is 5.32 Å². The van der Waals surface area contributed by atoms with Crippen molar-refractivity contribution in [3.63, 3.8) is 0 Å². The van der Waals surface area contributed by atoms with Crippen molar-refractivity contribution in [2.45, 2.75) is 32.9 Å². The highest BCUT2D eigenvalue weighted by atomic mass is 15.3. The van der Waals surface area contributed by atoms with Gasteiger partial charge in [-0.3, -0.25) is 4.68 Å². The van der Waals surface area contributed by atoms with Crippen molar-refractivity contribution in [3.05, 3.63) is 53.3 Å². The number of rotatable bonds is 5. The third kappa shape index (κ3) is 2.99. The molecule has 1 unspecified atom stereocenters. The van der Waals surface area contributed by atoms with E-state index in [1.165, 1.54) is 11.1 Å². The zero-order valence-corrected chi connectivity index (χ0v) is 11.4. The Balaban J connectivity index is 2.12. The van der Waals surface area contributed by atoms with Gasteiger partial charge >= 0.3 is 0 Å². The van der Waals surface area contributed by atoms with Gasteiger partial charge in [-0.25, -0.2) is 0 Å². The molecule has 1 heterocycles. The summed E-state index contributed by atoms with van der Waals surface area (Å²) in [7, 11) is 1.99. The molecule has 0 amide bonds. The molecule has 0 aliphatic carbocycles. The SMILES string of the molecule is CCc1ccc(C(Cn2ccc(C)n2)NC)cc1. The van der Waals surface area contributed by atoms with Crippen LogP contribution in [0.2, 0.25) is 0 Å². The average molecular weight is 243 g/mol. The van der Waals surface area contributed by atoms with Crippen LogP contribution in [0.25, 0.3) is 0 Å². The third-order valence-electron chi connectivity index (χ3n) is 3.28. The van der Waals surface area contributed by atoms with Crippen LogP contribution in [0.3, 0.4) is 0 Å². The second-order valence-corrected chi connectivity index (χ2v) is 4.62. The van der Waals surface area contributed by atoms with Crippen LogP contribution in [0.15, 0.2) is 36.5 Å². The van der Waals surface area contributed by atoms with Crippen molar-refractivity contribution in [1.82, 2.24) is 15.1 Å². The number of aromatic nitrogens is 2. The molecule has 0 fully saturated rings. The van der Waals surface area contributed by atoms with Crippen molar-refractivity contribution in [1.29, 1.82) is 0 Å². The van der Waals surface area contributed by atoms with E-state index in [2.05, 4.69) is 41.6 Å². The van der Waals surface area contributed by atoms with Crippen molar-refractivity contribution >= 4 is 0 Å². The molecule has 0 aliphatic heterocycles. The molecule has 1 aromatic heterocycles. The second kappa shape index (κ2) is 5.83.